The van der Waals surface area contributed by atoms with Gasteiger partial charge in [0.05, 0.1) is 10.6 Å². The number of hydrogen-bond acceptors (Lipinski definition) is 7. The van der Waals surface area contributed by atoms with Gasteiger partial charge >= 0.3 is 7.37 Å². The lowest BCUT2D eigenvalue weighted by atomic mass is 9.95. The molecule has 1 heterocycles. The summed E-state index contributed by atoms with van der Waals surface area (Å²) in [5.74, 6) is 4.38. The second kappa shape index (κ2) is 21.2. The number of ether oxygens (including phenoxy) is 4. The number of benzene rings is 9. The van der Waals surface area contributed by atoms with Gasteiger partial charge in [0.15, 0.2) is 0 Å². The monoisotopic (exact) mass is 1020 g/mol. The van der Waals surface area contributed by atoms with Gasteiger partial charge in [-0.3, -0.25) is 4.57 Å². The molecule has 0 aromatic heterocycles. The van der Waals surface area contributed by atoms with Gasteiger partial charge in [0.25, 0.3) is 0 Å². The second-order valence-electron chi connectivity index (χ2n) is 20.6. The molecular formula is C68H63O7P. The van der Waals surface area contributed by atoms with E-state index < -0.39 is 13.0 Å². The summed E-state index contributed by atoms with van der Waals surface area (Å²) in [6.07, 6.45) is 2.52. The fourth-order valence-electron chi connectivity index (χ4n) is 10.2. The van der Waals surface area contributed by atoms with Crippen molar-refractivity contribution in [2.45, 2.75) is 80.6 Å². The van der Waals surface area contributed by atoms with Crippen LogP contribution in [0, 0.1) is 41.5 Å². The van der Waals surface area contributed by atoms with Crippen LogP contribution < -0.4 is 34.1 Å². The Morgan fingerprint density at radius 2 is 1.05 bits per heavy atom. The lowest BCUT2D eigenvalue weighted by Gasteiger charge is -2.30. The van der Waals surface area contributed by atoms with E-state index in [0.717, 1.165) is 101 Å². The minimum atomic E-state index is -3.73. The van der Waals surface area contributed by atoms with E-state index in [-0.39, 0.29) is 6.61 Å². The van der Waals surface area contributed by atoms with Crippen LogP contribution in [-0.2, 0) is 24.2 Å². The lowest BCUT2D eigenvalue weighted by molar-refractivity contribution is 0.108. The van der Waals surface area contributed by atoms with E-state index in [2.05, 4.69) is 121 Å². The van der Waals surface area contributed by atoms with Crippen molar-refractivity contribution in [1.82, 2.24) is 0 Å². The Balaban J connectivity index is 0.803. The summed E-state index contributed by atoms with van der Waals surface area (Å²) in [5.41, 5.74) is 15.6. The van der Waals surface area contributed by atoms with Crippen molar-refractivity contribution < 1.29 is 33.1 Å². The summed E-state index contributed by atoms with van der Waals surface area (Å²) in [5, 5.41) is 11.4. The predicted octanol–water partition coefficient (Wildman–Crippen LogP) is 16.9. The zero-order valence-corrected chi connectivity index (χ0v) is 45.4. The predicted molar refractivity (Wildman–Crippen MR) is 310 cm³/mol. The van der Waals surface area contributed by atoms with Crippen molar-refractivity contribution in [3.63, 3.8) is 0 Å². The number of phenolic OH excluding ortho intramolecular Hbond substituents is 1. The maximum atomic E-state index is 15.5. The molecule has 1 unspecified atom stereocenters. The topological polar surface area (TPSA) is 83.5 Å². The molecule has 382 valence electrons. The molecule has 10 rings (SSSR count). The first kappa shape index (κ1) is 51.2. The van der Waals surface area contributed by atoms with E-state index >= 15 is 4.57 Å². The molecule has 0 radical (unpaired) electrons. The minimum absolute atomic E-state index is 0.250. The van der Waals surface area contributed by atoms with Crippen molar-refractivity contribution in [3.8, 4) is 73.6 Å². The van der Waals surface area contributed by atoms with Gasteiger partial charge in [0.1, 0.15) is 59.1 Å². The molecule has 7 nitrogen and oxygen atoms in total. The average molecular weight is 1020 g/mol. The minimum Gasteiger partial charge on any atom is -0.507 e. The van der Waals surface area contributed by atoms with Crippen molar-refractivity contribution in [2.24, 2.45) is 0 Å². The van der Waals surface area contributed by atoms with Crippen LogP contribution in [0.25, 0.3) is 39.5 Å². The SMILES string of the molecule is C=Cc1ccc(COc2ccc(OCc3ccc(-c4ccc(CC(C)(C)Oc5c(C)cc(Oc6c(C)cc(-c7cc(C)c(O)c(C)c7)cc6C)cc5C)cc4)cc3)c(P3(=O)Oc4ccccc4-c4ccccc43)c2)cc1. The smallest absolute Gasteiger partial charge is 0.311 e. The molecule has 9 aromatic carbocycles. The van der Waals surface area contributed by atoms with Crippen LogP contribution in [0.3, 0.4) is 0 Å². The van der Waals surface area contributed by atoms with Crippen LogP contribution in [0.1, 0.15) is 69.5 Å². The molecule has 0 saturated carbocycles. The third-order valence-corrected chi connectivity index (χ3v) is 16.5. The Kier molecular flexibility index (Phi) is 14.3. The highest BCUT2D eigenvalue weighted by molar-refractivity contribution is 7.75. The number of hydrogen-bond donors (Lipinski definition) is 1. The van der Waals surface area contributed by atoms with Crippen LogP contribution in [0.5, 0.6) is 40.2 Å². The van der Waals surface area contributed by atoms with Crippen molar-refractivity contribution in [1.29, 1.82) is 0 Å². The molecule has 1 N–H and O–H groups in total. The van der Waals surface area contributed by atoms with Crippen LogP contribution in [0.2, 0.25) is 0 Å². The lowest BCUT2D eigenvalue weighted by Crippen LogP contribution is -2.31. The first-order valence-electron chi connectivity index (χ1n) is 25.7. The number of phenols is 1. The largest absolute Gasteiger partial charge is 0.507 e. The van der Waals surface area contributed by atoms with Gasteiger partial charge in [-0.05, 0) is 206 Å². The summed E-state index contributed by atoms with van der Waals surface area (Å²) < 4.78 is 48.3. The number of rotatable bonds is 16. The Morgan fingerprint density at radius 3 is 1.67 bits per heavy atom. The third-order valence-electron chi connectivity index (χ3n) is 14.1. The van der Waals surface area contributed by atoms with Gasteiger partial charge in [-0.1, -0.05) is 122 Å². The summed E-state index contributed by atoms with van der Waals surface area (Å²) in [4.78, 5) is 0. The maximum Gasteiger partial charge on any atom is 0.311 e. The zero-order valence-electron chi connectivity index (χ0n) is 44.5. The Hall–Kier alpha value is -8.25. The highest BCUT2D eigenvalue weighted by Crippen LogP contribution is 2.55. The van der Waals surface area contributed by atoms with Gasteiger partial charge in [0, 0.05) is 12.0 Å². The van der Waals surface area contributed by atoms with Gasteiger partial charge in [-0.25, -0.2) is 0 Å². The van der Waals surface area contributed by atoms with E-state index in [4.69, 9.17) is 23.5 Å². The molecule has 1 aliphatic rings. The molecule has 8 heteroatoms. The quantitative estimate of drug-likeness (QED) is 0.0965. The number of aryl methyl sites for hydroxylation is 6. The summed E-state index contributed by atoms with van der Waals surface area (Å²) in [6.45, 7) is 20.8. The molecule has 0 amide bonds. The van der Waals surface area contributed by atoms with Gasteiger partial charge in [-0.15, -0.1) is 0 Å². The Bertz CT molecular complexity index is 3620. The molecule has 1 atom stereocenters. The molecule has 0 bridgehead atoms. The van der Waals surface area contributed by atoms with Crippen molar-refractivity contribution >= 4 is 24.1 Å². The maximum absolute atomic E-state index is 15.5. The van der Waals surface area contributed by atoms with E-state index in [9.17, 15) is 5.11 Å². The van der Waals surface area contributed by atoms with E-state index in [1.807, 2.05) is 117 Å². The molecule has 0 spiro atoms. The average Bonchev–Trinajstić information content (AvgIpc) is 3.42. The summed E-state index contributed by atoms with van der Waals surface area (Å²) >= 11 is 0. The Labute approximate surface area is 447 Å². The van der Waals surface area contributed by atoms with Crippen molar-refractivity contribution in [2.75, 3.05) is 0 Å². The van der Waals surface area contributed by atoms with E-state index in [1.54, 1.807) is 6.07 Å². The molecule has 76 heavy (non-hydrogen) atoms. The summed E-state index contributed by atoms with van der Waals surface area (Å²) in [7, 11) is -3.73. The summed E-state index contributed by atoms with van der Waals surface area (Å²) in [6, 6.07) is 58.4. The molecule has 0 aliphatic carbocycles. The van der Waals surface area contributed by atoms with E-state index in [0.29, 0.717) is 46.6 Å². The van der Waals surface area contributed by atoms with Gasteiger partial charge in [0.2, 0.25) is 0 Å². The van der Waals surface area contributed by atoms with Crippen LogP contribution in [0.4, 0.5) is 0 Å². The molecule has 0 saturated heterocycles. The molecule has 9 aromatic rings. The first-order chi connectivity index (χ1) is 36.5. The van der Waals surface area contributed by atoms with Gasteiger partial charge in [-0.2, -0.15) is 0 Å². The Morgan fingerprint density at radius 1 is 0.526 bits per heavy atom. The fraction of sp³-hybridized carbons (Fsp3) is 0.176. The van der Waals surface area contributed by atoms with Crippen molar-refractivity contribution in [3.05, 3.63) is 238 Å². The van der Waals surface area contributed by atoms with Gasteiger partial charge < -0.3 is 28.6 Å². The van der Waals surface area contributed by atoms with Crippen LogP contribution >= 0.6 is 7.37 Å². The third kappa shape index (κ3) is 10.8. The van der Waals surface area contributed by atoms with E-state index in [1.165, 1.54) is 5.56 Å². The first-order valence-corrected chi connectivity index (χ1v) is 27.3. The zero-order chi connectivity index (χ0) is 53.3. The van der Waals surface area contributed by atoms with Crippen LogP contribution in [0.15, 0.2) is 183 Å². The van der Waals surface area contributed by atoms with Crippen LogP contribution in [-0.4, -0.2) is 10.7 Å². The number of para-hydroxylation sites is 1. The molecule has 0 fully saturated rings. The number of fused-ring (bicyclic) bond motifs is 3. The molecule has 1 aliphatic heterocycles. The molecular weight excluding hydrogens is 960 g/mol. The second-order valence-corrected chi connectivity index (χ2v) is 22.9. The number of aromatic hydroxyl groups is 1. The highest BCUT2D eigenvalue weighted by Gasteiger charge is 2.40. The normalized spacial score (nSPS) is 13.7. The highest BCUT2D eigenvalue weighted by atomic mass is 31.2. The fourth-order valence-corrected chi connectivity index (χ4v) is 12.6. The standard InChI is InChI=1S/C68H63O7P/c1-10-49-19-21-51(22-20-49)41-71-57-31-32-62(64(39-57)76(70)63-18-14-12-16-60(63)59-15-11-13-17-61(59)75-76)72-42-52-25-29-54(30-26-52)53-27-23-50(24-28-53)40-68(8,9)74-67-47(6)37-58(38-48(67)7)73-66-45(4)35-56(36-46(66)5)55-33-43(2)65(69)44(3)34-55/h10-39,69H,1,40-42H2,2-9H3.